The Morgan fingerprint density at radius 3 is 0.679 bits per heavy atom. The van der Waals surface area contributed by atoms with Gasteiger partial charge >= 0.3 is 0 Å². The van der Waals surface area contributed by atoms with Gasteiger partial charge in [0, 0.05) is 116 Å². The number of aromatic nitrogens is 16. The second-order valence-corrected chi connectivity index (χ2v) is 20.4. The van der Waals surface area contributed by atoms with Crippen molar-refractivity contribution in [3.8, 4) is 45.8 Å². The van der Waals surface area contributed by atoms with Crippen molar-refractivity contribution in [2.75, 3.05) is 144 Å². The number of hydrogen-bond donors (Lipinski definition) is 2. The van der Waals surface area contributed by atoms with Gasteiger partial charge in [-0.15, -0.1) is 0 Å². The third-order valence-electron chi connectivity index (χ3n) is 16.4. The van der Waals surface area contributed by atoms with Gasteiger partial charge in [0.2, 0.25) is 0 Å². The summed E-state index contributed by atoms with van der Waals surface area (Å²) in [6, 6.07) is 4.08. The quantitative estimate of drug-likeness (QED) is 0.0572. The summed E-state index contributed by atoms with van der Waals surface area (Å²) in [4.78, 5) is 102. The first-order chi connectivity index (χ1) is 40.9. The summed E-state index contributed by atoms with van der Waals surface area (Å²) in [5.41, 5.74) is 7.43. The molecule has 0 spiro atoms. The zero-order chi connectivity index (χ0) is 59.7. The first-order valence-electron chi connectivity index (χ1n) is 30.8. The molecule has 2 aliphatic rings. The molecule has 9 heterocycles. The predicted molar refractivity (Wildman–Crippen MR) is 344 cm³/mol. The lowest BCUT2D eigenvalue weighted by Gasteiger charge is -2.28. The molecule has 0 aliphatic carbocycles. The second-order valence-electron chi connectivity index (χ2n) is 20.4. The topological polar surface area (TPSA) is 238 Å². The van der Waals surface area contributed by atoms with Crippen LogP contribution in [0, 0.1) is 0 Å². The molecule has 24 heteroatoms. The lowest BCUT2D eigenvalue weighted by atomic mass is 10.1. The fourth-order valence-corrected chi connectivity index (χ4v) is 11.5. The van der Waals surface area contributed by atoms with Crippen molar-refractivity contribution >= 4 is 102 Å². The summed E-state index contributed by atoms with van der Waals surface area (Å²) in [5, 5.41) is 0. The van der Waals surface area contributed by atoms with Gasteiger partial charge in [0.15, 0.2) is 92.4 Å². The molecule has 0 saturated carbocycles. The molecule has 0 amide bonds. The van der Waals surface area contributed by atoms with Crippen LogP contribution >= 0.6 is 0 Å². The fraction of sp³-hybridized carbons (Fsp3) is 0.533. The summed E-state index contributed by atoms with van der Waals surface area (Å²) in [7, 11) is 0. The van der Waals surface area contributed by atoms with Crippen LogP contribution < -0.4 is 39.2 Å². The zero-order valence-electron chi connectivity index (χ0n) is 52.3. The van der Waals surface area contributed by atoms with Crippen LogP contribution in [0.5, 0.6) is 0 Å². The smallest absolute Gasteiger partial charge is 0.184 e. The summed E-state index contributed by atoms with van der Waals surface area (Å²) in [5.74, 6) is 7.47. The number of benzene rings is 1. The summed E-state index contributed by atoms with van der Waals surface area (Å²) >= 11 is 0. The molecule has 8 bridgehead atoms. The van der Waals surface area contributed by atoms with Gasteiger partial charge in [0.05, 0.1) is 11.0 Å². The minimum atomic E-state index is 0.299. The molecule has 444 valence electrons. The Morgan fingerprint density at radius 2 is 0.440 bits per heavy atom. The molecule has 10 rings (SSSR count). The summed E-state index contributed by atoms with van der Waals surface area (Å²) in [6.45, 7) is 45.8. The van der Waals surface area contributed by atoms with Crippen LogP contribution in [-0.4, -0.2) is 184 Å². The van der Waals surface area contributed by atoms with E-state index in [1.807, 2.05) is 12.1 Å². The number of nitrogens with zero attached hydrogens (tertiary/aromatic N) is 22. The van der Waals surface area contributed by atoms with Crippen LogP contribution in [-0.2, 0) is 0 Å². The van der Waals surface area contributed by atoms with Crippen LogP contribution in [0.25, 0.3) is 102 Å². The van der Waals surface area contributed by atoms with E-state index in [0.29, 0.717) is 169 Å². The Hall–Kier alpha value is -8.44. The largest absolute Gasteiger partial charge is 0.354 e. The van der Waals surface area contributed by atoms with Gasteiger partial charge in [0.1, 0.15) is 33.5 Å². The average molecular weight is 1140 g/mol. The van der Waals surface area contributed by atoms with Crippen molar-refractivity contribution in [2.24, 2.45) is 0 Å². The summed E-state index contributed by atoms with van der Waals surface area (Å²) < 4.78 is 0. The van der Waals surface area contributed by atoms with E-state index in [1.54, 1.807) is 0 Å². The molecular formula is C60H84N24. The SMILES string of the molecule is CCN(CC)c1nc2c(nc1N(CC)CC)-c1nc-2nc2[nH]c(nc3nc(nc4[nH]c(n1)c1nc(N(CC)CC)c(N(CC)CC)nc41)-c1cc4nc(N(CC)CC)c(N(CC)CC)nc4cc1-3)c1nc(N(CC)CC)c(N(CC)CC)nc21. The number of rotatable bonds is 24. The average Bonchev–Trinajstić information content (AvgIpc) is 2.22. The van der Waals surface area contributed by atoms with Gasteiger partial charge in [-0.2, -0.15) is 0 Å². The van der Waals surface area contributed by atoms with Crippen molar-refractivity contribution < 1.29 is 0 Å². The maximum atomic E-state index is 5.52. The van der Waals surface area contributed by atoms with Crippen LogP contribution in [0.1, 0.15) is 111 Å². The molecule has 24 nitrogen and oxygen atoms in total. The highest BCUT2D eigenvalue weighted by molar-refractivity contribution is 6.04. The predicted octanol–water partition coefficient (Wildman–Crippen LogP) is 9.95. The number of nitrogens with one attached hydrogen (secondary N) is 2. The maximum Gasteiger partial charge on any atom is 0.184 e. The monoisotopic (exact) mass is 1140 g/mol. The van der Waals surface area contributed by atoms with Gasteiger partial charge in [-0.05, 0) is 123 Å². The Morgan fingerprint density at radius 1 is 0.238 bits per heavy atom. The Kier molecular flexibility index (Phi) is 17.3. The molecule has 7 aromatic heterocycles. The lowest BCUT2D eigenvalue weighted by molar-refractivity contribution is 0.802. The molecule has 8 aromatic rings. The molecule has 0 fully saturated rings. The third-order valence-corrected chi connectivity index (χ3v) is 16.4. The molecule has 0 atom stereocenters. The highest BCUT2D eigenvalue weighted by Gasteiger charge is 2.32. The normalized spacial score (nSPS) is 11.9. The summed E-state index contributed by atoms with van der Waals surface area (Å²) in [6.07, 6.45) is 0. The van der Waals surface area contributed by atoms with Crippen LogP contribution in [0.15, 0.2) is 12.1 Å². The van der Waals surface area contributed by atoms with E-state index in [0.717, 1.165) is 83.8 Å². The van der Waals surface area contributed by atoms with Crippen molar-refractivity contribution in [1.82, 2.24) is 79.7 Å². The first-order valence-corrected chi connectivity index (χ1v) is 30.8. The van der Waals surface area contributed by atoms with Crippen molar-refractivity contribution in [1.29, 1.82) is 0 Å². The van der Waals surface area contributed by atoms with E-state index < -0.39 is 0 Å². The van der Waals surface area contributed by atoms with Gasteiger partial charge < -0.3 is 49.2 Å². The van der Waals surface area contributed by atoms with Crippen LogP contribution in [0.2, 0.25) is 0 Å². The third kappa shape index (κ3) is 10.1. The van der Waals surface area contributed by atoms with E-state index in [4.69, 9.17) is 69.8 Å². The minimum Gasteiger partial charge on any atom is -0.354 e. The van der Waals surface area contributed by atoms with Crippen LogP contribution in [0.3, 0.4) is 0 Å². The molecule has 0 radical (unpaired) electrons. The standard InChI is InChI=1S/C60H84N24/c1-17-77(18-2)53-54(78(19-3)20-4)62-38-34-36-35(33-37(38)61-53)45-69-46(36)71-48-40-42(66-58(82(27-11)28-12)56(64-40)80(23-7)24-8)50(73-48)75-52-44-43(67-59(83(29-13)30-14)60(68-44)84(31-15)32-16)51(76-52)74-49-41-39(47(70-45)72-49)63-55(79(21-5)22-6)57(65-41)81(25-9)26-10/h33-34H,17-32H2,1-16H3,(H2,69,70,71,72,73,74,75,76). The fourth-order valence-electron chi connectivity index (χ4n) is 11.5. The molecule has 2 aliphatic heterocycles. The van der Waals surface area contributed by atoms with E-state index in [2.05, 4.69) is 160 Å². The highest BCUT2D eigenvalue weighted by atomic mass is 15.3. The maximum absolute atomic E-state index is 5.52. The molecule has 1 aromatic carbocycles. The van der Waals surface area contributed by atoms with Crippen molar-refractivity contribution in [2.45, 2.75) is 111 Å². The molecular weight excluding hydrogens is 1060 g/mol. The van der Waals surface area contributed by atoms with Crippen molar-refractivity contribution in [3.05, 3.63) is 12.1 Å². The van der Waals surface area contributed by atoms with Gasteiger partial charge in [0.25, 0.3) is 0 Å². The van der Waals surface area contributed by atoms with Gasteiger partial charge in [-0.3, -0.25) is 0 Å². The second kappa shape index (κ2) is 24.8. The van der Waals surface area contributed by atoms with Gasteiger partial charge in [-0.1, -0.05) is 0 Å². The highest BCUT2D eigenvalue weighted by Crippen LogP contribution is 2.42. The first kappa shape index (κ1) is 58.7. The zero-order valence-corrected chi connectivity index (χ0v) is 52.3. The lowest BCUT2D eigenvalue weighted by Crippen LogP contribution is -2.30. The van der Waals surface area contributed by atoms with E-state index >= 15 is 0 Å². The minimum absolute atomic E-state index is 0.299. The number of H-pyrrole nitrogens is 2. The van der Waals surface area contributed by atoms with Crippen molar-refractivity contribution in [3.63, 3.8) is 0 Å². The van der Waals surface area contributed by atoms with Crippen LogP contribution in [0.4, 0.5) is 46.5 Å². The number of fused-ring (bicyclic) bond motifs is 21. The van der Waals surface area contributed by atoms with E-state index in [9.17, 15) is 0 Å². The van der Waals surface area contributed by atoms with E-state index in [-0.39, 0.29) is 0 Å². The number of anilines is 8. The number of aromatic amines is 2. The Balaban J connectivity index is 1.43. The molecule has 84 heavy (non-hydrogen) atoms. The molecule has 2 N–H and O–H groups in total. The Labute approximate surface area is 492 Å². The number of hydrogen-bond acceptors (Lipinski definition) is 22. The molecule has 0 unspecified atom stereocenters. The Bertz CT molecular complexity index is 3620. The van der Waals surface area contributed by atoms with E-state index in [1.165, 1.54) is 0 Å². The molecule has 0 saturated heterocycles. The van der Waals surface area contributed by atoms with Gasteiger partial charge in [-0.25, -0.2) is 69.8 Å².